The molecule has 4 rings (SSSR count). The van der Waals surface area contributed by atoms with E-state index in [1.165, 1.54) is 22.3 Å². The fourth-order valence-corrected chi connectivity index (χ4v) is 4.56. The van der Waals surface area contributed by atoms with Gasteiger partial charge in [-0.05, 0) is 74.0 Å². The van der Waals surface area contributed by atoms with Crippen LogP contribution in [0, 0.1) is 0 Å². The first-order chi connectivity index (χ1) is 14.9. The van der Waals surface area contributed by atoms with E-state index in [9.17, 15) is 4.79 Å². The number of fused-ring (bicyclic) bond motifs is 1. The number of nitrogens with one attached hydrogen (secondary N) is 1. The molecule has 1 heterocycles. The Hall–Kier alpha value is -3.11. The summed E-state index contributed by atoms with van der Waals surface area (Å²) in [5, 5.41) is 3.69. The van der Waals surface area contributed by atoms with E-state index in [0.29, 0.717) is 0 Å². The summed E-state index contributed by atoms with van der Waals surface area (Å²) in [6.07, 6.45) is 0.868. The van der Waals surface area contributed by atoms with Crippen molar-refractivity contribution < 1.29 is 4.79 Å². The molecule has 0 bridgehead atoms. The van der Waals surface area contributed by atoms with E-state index in [1.807, 2.05) is 23.1 Å². The Labute approximate surface area is 185 Å². The minimum absolute atomic E-state index is 0.0905. The van der Waals surface area contributed by atoms with E-state index in [2.05, 4.69) is 85.8 Å². The van der Waals surface area contributed by atoms with Crippen molar-refractivity contribution >= 4 is 17.3 Å². The van der Waals surface area contributed by atoms with Gasteiger partial charge in [0.05, 0.1) is 6.04 Å². The fraction of sp³-hybridized carbons (Fsp3) is 0.296. The van der Waals surface area contributed by atoms with E-state index in [4.69, 9.17) is 0 Å². The second kappa shape index (κ2) is 8.94. The van der Waals surface area contributed by atoms with Crippen LogP contribution in [0.15, 0.2) is 72.8 Å². The van der Waals surface area contributed by atoms with Gasteiger partial charge >= 0.3 is 0 Å². The van der Waals surface area contributed by atoms with Crippen molar-refractivity contribution in [1.82, 2.24) is 4.90 Å². The lowest BCUT2D eigenvalue weighted by atomic mass is 9.88. The third kappa shape index (κ3) is 4.64. The molecule has 1 aliphatic rings. The van der Waals surface area contributed by atoms with Crippen LogP contribution in [0.2, 0.25) is 0 Å². The molecule has 0 spiro atoms. The first-order valence-electron chi connectivity index (χ1n) is 10.9. The highest BCUT2D eigenvalue weighted by Crippen LogP contribution is 2.41. The second-order valence-corrected chi connectivity index (χ2v) is 8.74. The van der Waals surface area contributed by atoms with Crippen molar-refractivity contribution in [2.24, 2.45) is 0 Å². The number of benzene rings is 3. The van der Waals surface area contributed by atoms with Crippen LogP contribution in [-0.2, 0) is 11.3 Å². The molecule has 1 N–H and O–H groups in total. The van der Waals surface area contributed by atoms with Crippen molar-refractivity contribution in [2.45, 2.75) is 38.9 Å². The van der Waals surface area contributed by atoms with Gasteiger partial charge in [0.15, 0.2) is 0 Å². The zero-order valence-electron chi connectivity index (χ0n) is 18.8. The van der Waals surface area contributed by atoms with Crippen LogP contribution in [0.3, 0.4) is 0 Å². The number of rotatable bonds is 5. The Morgan fingerprint density at radius 2 is 1.68 bits per heavy atom. The largest absolute Gasteiger partial charge is 0.378 e. The van der Waals surface area contributed by atoms with Gasteiger partial charge in [-0.1, -0.05) is 48.5 Å². The average Bonchev–Trinajstić information content (AvgIpc) is 2.74. The zero-order chi connectivity index (χ0) is 22.0. The highest BCUT2D eigenvalue weighted by atomic mass is 16.2. The lowest BCUT2D eigenvalue weighted by Gasteiger charge is -2.39. The number of carbonyl (C=O) groups excluding carboxylic acids is 1. The van der Waals surface area contributed by atoms with Crippen LogP contribution in [0.5, 0.6) is 0 Å². The maximum atomic E-state index is 12.4. The Balaban J connectivity index is 1.71. The van der Waals surface area contributed by atoms with Crippen LogP contribution >= 0.6 is 0 Å². The molecule has 1 amide bonds. The quantitative estimate of drug-likeness (QED) is 0.582. The zero-order valence-corrected chi connectivity index (χ0v) is 18.8. The molecule has 2 atom stereocenters. The summed E-state index contributed by atoms with van der Waals surface area (Å²) in [4.78, 5) is 16.5. The number of hydrogen-bond donors (Lipinski definition) is 1. The smallest absolute Gasteiger partial charge is 0.224 e. The third-order valence-electron chi connectivity index (χ3n) is 5.92. The van der Waals surface area contributed by atoms with Gasteiger partial charge in [0.1, 0.15) is 0 Å². The van der Waals surface area contributed by atoms with Gasteiger partial charge in [-0.25, -0.2) is 0 Å². The topological polar surface area (TPSA) is 35.6 Å². The van der Waals surface area contributed by atoms with Crippen LogP contribution in [0.25, 0.3) is 11.1 Å². The van der Waals surface area contributed by atoms with Crippen molar-refractivity contribution in [1.29, 1.82) is 0 Å². The molecule has 3 aromatic rings. The first kappa shape index (κ1) is 21.1. The lowest BCUT2D eigenvalue weighted by Crippen LogP contribution is -2.43. The first-order valence-corrected chi connectivity index (χ1v) is 10.9. The summed E-state index contributed by atoms with van der Waals surface area (Å²) in [6.45, 7) is 4.71. The maximum absolute atomic E-state index is 12.4. The summed E-state index contributed by atoms with van der Waals surface area (Å²) >= 11 is 0. The molecule has 0 fully saturated rings. The minimum Gasteiger partial charge on any atom is -0.378 e. The minimum atomic E-state index is 0.0905. The molecule has 0 saturated heterocycles. The van der Waals surface area contributed by atoms with Crippen LogP contribution < -0.4 is 10.2 Å². The standard InChI is InChI=1S/C27H31N3O/c1-19-16-26(28-24-8-6-5-7-9-24)25-17-23(14-15-27(25)30(19)20(2)31)22-12-10-21(11-13-22)18-29(3)4/h5-15,17,19,26,28H,16,18H2,1-4H3/t19-,26+/m1/s1. The summed E-state index contributed by atoms with van der Waals surface area (Å²) in [5.74, 6) is 0.0905. The molecule has 3 aromatic carbocycles. The van der Waals surface area contributed by atoms with Crippen molar-refractivity contribution in [3.8, 4) is 11.1 Å². The summed E-state index contributed by atoms with van der Waals surface area (Å²) in [7, 11) is 4.16. The molecule has 4 nitrogen and oxygen atoms in total. The Morgan fingerprint density at radius 1 is 1.00 bits per heavy atom. The van der Waals surface area contributed by atoms with E-state index in [1.54, 1.807) is 6.92 Å². The average molecular weight is 414 g/mol. The normalized spacial score (nSPS) is 18.0. The fourth-order valence-electron chi connectivity index (χ4n) is 4.56. The number of anilines is 2. The maximum Gasteiger partial charge on any atom is 0.224 e. The highest BCUT2D eigenvalue weighted by Gasteiger charge is 2.32. The van der Waals surface area contributed by atoms with E-state index in [-0.39, 0.29) is 18.0 Å². The van der Waals surface area contributed by atoms with Crippen molar-refractivity contribution in [3.05, 3.63) is 83.9 Å². The Kier molecular flexibility index (Phi) is 6.10. The second-order valence-electron chi connectivity index (χ2n) is 8.74. The summed E-state index contributed by atoms with van der Waals surface area (Å²) in [5.41, 5.74) is 6.94. The van der Waals surface area contributed by atoms with Gasteiger partial charge in [-0.3, -0.25) is 4.79 Å². The molecule has 0 aromatic heterocycles. The molecule has 0 radical (unpaired) electrons. The molecule has 4 heteroatoms. The Morgan fingerprint density at radius 3 is 2.32 bits per heavy atom. The van der Waals surface area contributed by atoms with Gasteiger partial charge in [0.25, 0.3) is 0 Å². The summed E-state index contributed by atoms with van der Waals surface area (Å²) < 4.78 is 0. The van der Waals surface area contributed by atoms with Gasteiger partial charge in [-0.2, -0.15) is 0 Å². The predicted molar refractivity (Wildman–Crippen MR) is 129 cm³/mol. The number of amides is 1. The highest BCUT2D eigenvalue weighted by molar-refractivity contribution is 5.94. The lowest BCUT2D eigenvalue weighted by molar-refractivity contribution is -0.117. The van der Waals surface area contributed by atoms with E-state index in [0.717, 1.165) is 24.3 Å². The third-order valence-corrected chi connectivity index (χ3v) is 5.92. The number of hydrogen-bond acceptors (Lipinski definition) is 3. The Bertz CT molecular complexity index is 1040. The van der Waals surface area contributed by atoms with Crippen LogP contribution in [0.1, 0.15) is 37.4 Å². The number of para-hydroxylation sites is 1. The molecular formula is C27H31N3O. The molecule has 31 heavy (non-hydrogen) atoms. The van der Waals surface area contributed by atoms with Gasteiger partial charge in [0, 0.05) is 30.9 Å². The molecule has 1 aliphatic heterocycles. The molecule has 0 aliphatic carbocycles. The van der Waals surface area contributed by atoms with Gasteiger partial charge < -0.3 is 15.1 Å². The predicted octanol–water partition coefficient (Wildman–Crippen LogP) is 5.71. The SMILES string of the molecule is CC(=O)N1c2ccc(-c3ccc(CN(C)C)cc3)cc2[C@@H](Nc2ccccc2)C[C@H]1C. The van der Waals surface area contributed by atoms with Gasteiger partial charge in [0.2, 0.25) is 5.91 Å². The van der Waals surface area contributed by atoms with E-state index < -0.39 is 0 Å². The molecule has 0 saturated carbocycles. The van der Waals surface area contributed by atoms with Gasteiger partial charge in [-0.15, -0.1) is 0 Å². The van der Waals surface area contributed by atoms with Crippen LogP contribution in [-0.4, -0.2) is 30.9 Å². The van der Waals surface area contributed by atoms with E-state index >= 15 is 0 Å². The molecule has 160 valence electrons. The molecular weight excluding hydrogens is 382 g/mol. The number of nitrogens with zero attached hydrogens (tertiary/aromatic N) is 2. The molecule has 0 unspecified atom stereocenters. The number of carbonyl (C=O) groups is 1. The van der Waals surface area contributed by atoms with Crippen molar-refractivity contribution in [2.75, 3.05) is 24.3 Å². The monoisotopic (exact) mass is 413 g/mol. The summed E-state index contributed by atoms with van der Waals surface area (Å²) in [6, 6.07) is 25.8. The van der Waals surface area contributed by atoms with Crippen LogP contribution in [0.4, 0.5) is 11.4 Å². The van der Waals surface area contributed by atoms with Crippen molar-refractivity contribution in [3.63, 3.8) is 0 Å².